The lowest BCUT2D eigenvalue weighted by atomic mass is 10.1. The van der Waals surface area contributed by atoms with Gasteiger partial charge in [-0.15, -0.1) is 0 Å². The molecule has 0 aliphatic carbocycles. The average Bonchev–Trinajstić information content (AvgIpc) is 2.51. The first kappa shape index (κ1) is 19.1. The van der Waals surface area contributed by atoms with Gasteiger partial charge >= 0.3 is 9.28 Å². The zero-order valence-corrected chi connectivity index (χ0v) is 15.5. The Morgan fingerprint density at radius 3 is 2.33 bits per heavy atom. The molecule has 0 spiro atoms. The molecule has 1 fully saturated rings. The highest BCUT2D eigenvalue weighted by Gasteiger charge is 2.33. The summed E-state index contributed by atoms with van der Waals surface area (Å²) in [4.78, 5) is 2.56. The Morgan fingerprint density at radius 1 is 1.00 bits per heavy atom. The lowest BCUT2D eigenvalue weighted by Crippen LogP contribution is -2.56. The van der Waals surface area contributed by atoms with Crippen LogP contribution in [0.25, 0.3) is 0 Å². The van der Waals surface area contributed by atoms with Crippen LogP contribution in [-0.4, -0.2) is 59.4 Å². The third kappa shape index (κ3) is 7.75. The van der Waals surface area contributed by atoms with Crippen LogP contribution in [0.15, 0.2) is 0 Å². The SMILES string of the molecule is CCCCCCCCN1CCOCC1[SiH](OCC)OCC. The van der Waals surface area contributed by atoms with Crippen molar-refractivity contribution in [3.8, 4) is 0 Å². The van der Waals surface area contributed by atoms with E-state index in [1.54, 1.807) is 0 Å². The molecule has 0 saturated carbocycles. The fraction of sp³-hybridized carbons (Fsp3) is 1.00. The zero-order chi connectivity index (χ0) is 15.3. The minimum atomic E-state index is -1.64. The number of hydrogen-bond acceptors (Lipinski definition) is 4. The number of ether oxygens (including phenoxy) is 1. The summed E-state index contributed by atoms with van der Waals surface area (Å²) in [5, 5.41) is 0. The largest absolute Gasteiger partial charge is 0.396 e. The quantitative estimate of drug-likeness (QED) is 0.409. The molecule has 0 aromatic heterocycles. The van der Waals surface area contributed by atoms with E-state index < -0.39 is 9.28 Å². The second-order valence-electron chi connectivity index (χ2n) is 5.73. The maximum absolute atomic E-state index is 5.91. The Balaban J connectivity index is 2.33. The topological polar surface area (TPSA) is 30.9 Å². The third-order valence-corrected chi connectivity index (χ3v) is 6.62. The third-order valence-electron chi connectivity index (χ3n) is 4.06. The number of rotatable bonds is 12. The summed E-state index contributed by atoms with van der Waals surface area (Å²) in [6.45, 7) is 11.7. The van der Waals surface area contributed by atoms with Crippen molar-refractivity contribution in [2.45, 2.75) is 65.0 Å². The van der Waals surface area contributed by atoms with E-state index in [1.165, 1.54) is 45.1 Å². The summed E-state index contributed by atoms with van der Waals surface area (Å²) in [5.74, 6) is 0. The van der Waals surface area contributed by atoms with Gasteiger partial charge in [-0.2, -0.15) is 0 Å². The molecular formula is C16H35NO3Si. The number of hydrogen-bond donors (Lipinski definition) is 0. The van der Waals surface area contributed by atoms with E-state index in [4.69, 9.17) is 13.6 Å². The molecule has 1 atom stereocenters. The van der Waals surface area contributed by atoms with Crippen molar-refractivity contribution >= 4 is 9.28 Å². The monoisotopic (exact) mass is 317 g/mol. The van der Waals surface area contributed by atoms with Crippen LogP contribution in [0.3, 0.4) is 0 Å². The van der Waals surface area contributed by atoms with Crippen LogP contribution in [0.5, 0.6) is 0 Å². The number of unbranched alkanes of at least 4 members (excludes halogenated alkanes) is 5. The molecule has 0 aromatic carbocycles. The predicted octanol–water partition coefficient (Wildman–Crippen LogP) is 2.88. The molecule has 1 aliphatic rings. The summed E-state index contributed by atoms with van der Waals surface area (Å²) in [6.07, 6.45) is 8.10. The highest BCUT2D eigenvalue weighted by molar-refractivity contribution is 6.46. The van der Waals surface area contributed by atoms with Crippen molar-refractivity contribution < 1.29 is 13.6 Å². The van der Waals surface area contributed by atoms with Crippen molar-refractivity contribution in [2.24, 2.45) is 0 Å². The van der Waals surface area contributed by atoms with Crippen LogP contribution >= 0.6 is 0 Å². The van der Waals surface area contributed by atoms with Gasteiger partial charge in [0.25, 0.3) is 0 Å². The summed E-state index contributed by atoms with van der Waals surface area (Å²) in [6, 6.07) is 0. The van der Waals surface area contributed by atoms with Crippen molar-refractivity contribution in [1.29, 1.82) is 0 Å². The van der Waals surface area contributed by atoms with Gasteiger partial charge in [0.05, 0.1) is 18.9 Å². The van der Waals surface area contributed by atoms with Crippen molar-refractivity contribution in [3.63, 3.8) is 0 Å². The molecule has 4 nitrogen and oxygen atoms in total. The lowest BCUT2D eigenvalue weighted by Gasteiger charge is -2.38. The van der Waals surface area contributed by atoms with Gasteiger partial charge in [-0.3, -0.25) is 4.90 Å². The van der Waals surface area contributed by atoms with E-state index in [2.05, 4.69) is 25.7 Å². The zero-order valence-electron chi connectivity index (χ0n) is 14.3. The van der Waals surface area contributed by atoms with E-state index in [9.17, 15) is 0 Å². The predicted molar refractivity (Wildman–Crippen MR) is 90.0 cm³/mol. The second-order valence-corrected chi connectivity index (χ2v) is 7.90. The van der Waals surface area contributed by atoms with Crippen molar-refractivity contribution in [1.82, 2.24) is 4.90 Å². The number of nitrogens with zero attached hydrogens (tertiary/aromatic N) is 1. The molecular weight excluding hydrogens is 282 g/mol. The molecule has 1 aliphatic heterocycles. The Bertz CT molecular complexity index is 238. The minimum Gasteiger partial charge on any atom is -0.396 e. The fourth-order valence-electron chi connectivity index (χ4n) is 2.88. The molecule has 1 saturated heterocycles. The fourth-order valence-corrected chi connectivity index (χ4v) is 5.01. The first-order chi connectivity index (χ1) is 10.3. The Morgan fingerprint density at radius 2 is 1.67 bits per heavy atom. The van der Waals surface area contributed by atoms with Crippen LogP contribution in [0.4, 0.5) is 0 Å². The molecule has 0 aromatic rings. The van der Waals surface area contributed by atoms with Gasteiger partial charge in [-0.1, -0.05) is 39.0 Å². The summed E-state index contributed by atoms with van der Waals surface area (Å²) in [5.41, 5.74) is 0.384. The van der Waals surface area contributed by atoms with Crippen molar-refractivity contribution in [3.05, 3.63) is 0 Å². The smallest absolute Gasteiger partial charge is 0.341 e. The molecule has 1 unspecified atom stereocenters. The maximum Gasteiger partial charge on any atom is 0.341 e. The van der Waals surface area contributed by atoms with E-state index >= 15 is 0 Å². The molecule has 1 rings (SSSR count). The van der Waals surface area contributed by atoms with E-state index in [0.29, 0.717) is 5.67 Å². The molecule has 21 heavy (non-hydrogen) atoms. The molecule has 126 valence electrons. The van der Waals surface area contributed by atoms with Gasteiger partial charge in [0, 0.05) is 19.8 Å². The molecule has 0 N–H and O–H groups in total. The highest BCUT2D eigenvalue weighted by Crippen LogP contribution is 2.14. The number of morpholine rings is 1. The summed E-state index contributed by atoms with van der Waals surface area (Å²) in [7, 11) is -1.64. The van der Waals surface area contributed by atoms with Crippen LogP contribution in [0, 0.1) is 0 Å². The van der Waals surface area contributed by atoms with Gasteiger partial charge in [0.15, 0.2) is 0 Å². The highest BCUT2D eigenvalue weighted by atomic mass is 28.3. The normalized spacial score (nSPS) is 20.3. The lowest BCUT2D eigenvalue weighted by molar-refractivity contribution is 0.00252. The van der Waals surface area contributed by atoms with Crippen LogP contribution in [-0.2, 0) is 13.6 Å². The summed E-state index contributed by atoms with van der Waals surface area (Å²) >= 11 is 0. The van der Waals surface area contributed by atoms with Gasteiger partial charge in [0.2, 0.25) is 0 Å². The first-order valence-electron chi connectivity index (χ1n) is 8.88. The van der Waals surface area contributed by atoms with E-state index in [1.807, 2.05) is 0 Å². The second kappa shape index (κ2) is 12.6. The molecule has 1 heterocycles. The Labute approximate surface area is 133 Å². The Hall–Kier alpha value is 0.0569. The molecule has 5 heteroatoms. The van der Waals surface area contributed by atoms with Crippen LogP contribution in [0.2, 0.25) is 0 Å². The van der Waals surface area contributed by atoms with Gasteiger partial charge in [0.1, 0.15) is 0 Å². The molecule has 0 bridgehead atoms. The molecule has 0 amide bonds. The Kier molecular flexibility index (Phi) is 11.4. The maximum atomic E-state index is 5.91. The van der Waals surface area contributed by atoms with Crippen LogP contribution in [0.1, 0.15) is 59.3 Å². The standard InChI is InChI=1S/C16H35NO3Si/c1-4-7-8-9-10-11-12-17-13-14-18-15-16(17)21(19-5-2)20-6-3/h16,21H,4-15H2,1-3H3. The minimum absolute atomic E-state index is 0.384. The van der Waals surface area contributed by atoms with Crippen LogP contribution < -0.4 is 0 Å². The van der Waals surface area contributed by atoms with E-state index in [0.717, 1.165) is 33.0 Å². The first-order valence-corrected chi connectivity index (χ1v) is 10.5. The van der Waals surface area contributed by atoms with Gasteiger partial charge < -0.3 is 13.6 Å². The van der Waals surface area contributed by atoms with E-state index in [-0.39, 0.29) is 0 Å². The summed E-state index contributed by atoms with van der Waals surface area (Å²) < 4.78 is 17.5. The van der Waals surface area contributed by atoms with Gasteiger partial charge in [-0.05, 0) is 26.8 Å². The average molecular weight is 318 g/mol. The molecule has 0 radical (unpaired) electrons. The van der Waals surface area contributed by atoms with Gasteiger partial charge in [-0.25, -0.2) is 0 Å². The van der Waals surface area contributed by atoms with Crippen molar-refractivity contribution in [2.75, 3.05) is 39.5 Å².